The zero-order valence-electron chi connectivity index (χ0n) is 34.6. The van der Waals surface area contributed by atoms with Crippen LogP contribution < -0.4 is 26.0 Å². The molecule has 2 N–H and O–H groups in total. The van der Waals surface area contributed by atoms with Crippen molar-refractivity contribution >= 4 is 63.6 Å². The first-order valence-electron chi connectivity index (χ1n) is 21.7. The zero-order chi connectivity index (χ0) is 42.2. The van der Waals surface area contributed by atoms with Gasteiger partial charge in [0.25, 0.3) is 17.4 Å². The number of nitrogens with zero attached hydrogens (tertiary/aromatic N) is 8. The van der Waals surface area contributed by atoms with E-state index in [1.165, 1.54) is 19.8 Å². The van der Waals surface area contributed by atoms with E-state index in [1.54, 1.807) is 29.8 Å². The number of hydrogen-bond acceptors (Lipinski definition) is 13. The van der Waals surface area contributed by atoms with Crippen LogP contribution in [0.15, 0.2) is 47.5 Å². The fourth-order valence-electron chi connectivity index (χ4n) is 10.9. The Morgan fingerprint density at radius 1 is 0.803 bits per heavy atom. The molecular weight excluding hydrogens is 777 g/mol. The SMILES string of the molecule is CC(=O)c1c(C)c2cnc(Nc3ccc(N4CCN(C5CC6(CCN(c7ccc8c(c7)C(=O)N(C7CCC(=O)NC7=O)C8=O)CC6)C5)CC4)cn3)nc2n(C2CCCC2)c1=O. The van der Waals surface area contributed by atoms with Crippen LogP contribution in [-0.4, -0.2) is 110 Å². The molecule has 316 valence electrons. The van der Waals surface area contributed by atoms with Crippen LogP contribution in [-0.2, 0) is 9.59 Å². The number of nitrogens with one attached hydrogen (secondary N) is 2. The topological polar surface area (TPSA) is 183 Å². The highest BCUT2D eigenvalue weighted by Gasteiger charge is 2.49. The molecule has 5 fully saturated rings. The molecule has 61 heavy (non-hydrogen) atoms. The van der Waals surface area contributed by atoms with Crippen LogP contribution >= 0.6 is 0 Å². The second-order valence-electron chi connectivity index (χ2n) is 17.9. The third-order valence-corrected chi connectivity index (χ3v) is 14.4. The lowest BCUT2D eigenvalue weighted by Crippen LogP contribution is -2.59. The minimum absolute atomic E-state index is 0.00961. The number of piperidine rings is 2. The van der Waals surface area contributed by atoms with Gasteiger partial charge in [-0.2, -0.15) is 4.98 Å². The van der Waals surface area contributed by atoms with Crippen molar-refractivity contribution in [1.29, 1.82) is 0 Å². The van der Waals surface area contributed by atoms with Crippen molar-refractivity contribution in [2.24, 2.45) is 5.41 Å². The van der Waals surface area contributed by atoms with Crippen LogP contribution in [0.2, 0.25) is 0 Å². The molecule has 1 unspecified atom stereocenters. The lowest BCUT2D eigenvalue weighted by atomic mass is 9.60. The van der Waals surface area contributed by atoms with Crippen LogP contribution in [0.5, 0.6) is 0 Å². The number of rotatable bonds is 8. The van der Waals surface area contributed by atoms with E-state index in [2.05, 4.69) is 36.4 Å². The molecule has 16 heteroatoms. The van der Waals surface area contributed by atoms with Crippen molar-refractivity contribution < 1.29 is 24.0 Å². The van der Waals surface area contributed by atoms with Gasteiger partial charge in [-0.25, -0.2) is 9.97 Å². The molecule has 4 aromatic rings. The van der Waals surface area contributed by atoms with Gasteiger partial charge in [0, 0.05) is 75.0 Å². The highest BCUT2D eigenvalue weighted by molar-refractivity contribution is 6.23. The number of aryl methyl sites for hydroxylation is 1. The first-order chi connectivity index (χ1) is 29.5. The van der Waals surface area contributed by atoms with E-state index in [4.69, 9.17) is 9.97 Å². The number of piperazine rings is 1. The summed E-state index contributed by atoms with van der Waals surface area (Å²) < 4.78 is 1.72. The van der Waals surface area contributed by atoms with Gasteiger partial charge in [0.2, 0.25) is 17.8 Å². The van der Waals surface area contributed by atoms with Crippen LogP contribution in [0.3, 0.4) is 0 Å². The Balaban J connectivity index is 0.720. The van der Waals surface area contributed by atoms with Gasteiger partial charge >= 0.3 is 0 Å². The summed E-state index contributed by atoms with van der Waals surface area (Å²) in [6.45, 7) is 8.81. The van der Waals surface area contributed by atoms with Crippen LogP contribution in [0.25, 0.3) is 11.0 Å². The lowest BCUT2D eigenvalue weighted by molar-refractivity contribution is -0.136. The maximum atomic E-state index is 13.6. The number of Topliss-reactive ketones (excluding diaryl/α,β-unsaturated/α-hetero) is 1. The number of imide groups is 2. The van der Waals surface area contributed by atoms with Crippen molar-refractivity contribution in [3.63, 3.8) is 0 Å². The standard InChI is InChI=1S/C45H50N10O6/c1-26-34-25-47-44(50-39(34)54(28-5-3-4-6-28)43(61)38(26)27(2)56)48-36-11-8-30(24-46-36)52-17-19-53(20-18-52)31-22-45(23-31)13-15-51(16-14-45)29-7-9-32-33(21-29)42(60)55(41(32)59)35-10-12-37(57)49-40(35)58/h7-9,11,21,24-25,28,31,35H,3-6,10,12-20,22-23H2,1-2H3,(H,49,57,58)(H,46,47,48,50). The van der Waals surface area contributed by atoms with Gasteiger partial charge in [-0.15, -0.1) is 0 Å². The predicted molar refractivity (Wildman–Crippen MR) is 227 cm³/mol. The first-order valence-corrected chi connectivity index (χ1v) is 21.7. The summed E-state index contributed by atoms with van der Waals surface area (Å²) in [5.41, 5.74) is 4.04. The largest absolute Gasteiger partial charge is 0.371 e. The second-order valence-corrected chi connectivity index (χ2v) is 17.9. The minimum atomic E-state index is -0.968. The quantitative estimate of drug-likeness (QED) is 0.187. The average Bonchev–Trinajstić information content (AvgIpc) is 3.86. The van der Waals surface area contributed by atoms with Crippen molar-refractivity contribution in [1.82, 2.24) is 34.6 Å². The van der Waals surface area contributed by atoms with Crippen LogP contribution in [0, 0.1) is 12.3 Å². The van der Waals surface area contributed by atoms with Crippen molar-refractivity contribution in [3.8, 4) is 0 Å². The Morgan fingerprint density at radius 2 is 1.51 bits per heavy atom. The molecule has 1 atom stereocenters. The number of fused-ring (bicyclic) bond motifs is 2. The van der Waals surface area contributed by atoms with E-state index >= 15 is 0 Å². The fourth-order valence-corrected chi connectivity index (χ4v) is 10.9. The fraction of sp³-hybridized carbons (Fsp3) is 0.489. The molecule has 2 saturated carbocycles. The Kier molecular flexibility index (Phi) is 9.72. The average molecular weight is 827 g/mol. The molecule has 16 nitrogen and oxygen atoms in total. The number of pyridine rings is 2. The smallest absolute Gasteiger partial charge is 0.263 e. The molecular formula is C45H50N10O6. The summed E-state index contributed by atoms with van der Waals surface area (Å²) in [6.07, 6.45) is 12.2. The Bertz CT molecular complexity index is 2540. The van der Waals surface area contributed by atoms with Crippen LogP contribution in [0.4, 0.5) is 23.1 Å². The van der Waals surface area contributed by atoms with E-state index in [0.717, 1.165) is 94.1 Å². The third kappa shape index (κ3) is 6.84. The zero-order valence-corrected chi connectivity index (χ0v) is 34.6. The number of carbonyl (C=O) groups excluding carboxylic acids is 5. The van der Waals surface area contributed by atoms with E-state index in [0.29, 0.717) is 50.9 Å². The van der Waals surface area contributed by atoms with Gasteiger partial charge in [0.05, 0.1) is 28.6 Å². The molecule has 3 saturated heterocycles. The molecule has 10 rings (SSSR count). The predicted octanol–water partition coefficient (Wildman–Crippen LogP) is 4.53. The van der Waals surface area contributed by atoms with E-state index < -0.39 is 23.8 Å². The molecule has 1 spiro atoms. The highest BCUT2D eigenvalue weighted by Crippen LogP contribution is 2.51. The van der Waals surface area contributed by atoms with Gasteiger partial charge < -0.3 is 15.1 Å². The number of benzene rings is 1. The summed E-state index contributed by atoms with van der Waals surface area (Å²) in [4.78, 5) is 99.2. The molecule has 7 heterocycles. The summed E-state index contributed by atoms with van der Waals surface area (Å²) in [6, 6.07) is 9.02. The minimum Gasteiger partial charge on any atom is -0.371 e. The molecule has 6 aliphatic rings. The van der Waals surface area contributed by atoms with Gasteiger partial charge in [-0.1, -0.05) is 12.8 Å². The molecule has 0 bridgehead atoms. The highest BCUT2D eigenvalue weighted by atomic mass is 16.2. The molecule has 4 amide bonds. The number of amides is 4. The van der Waals surface area contributed by atoms with E-state index in [-0.39, 0.29) is 41.7 Å². The van der Waals surface area contributed by atoms with Crippen LogP contribution in [0.1, 0.15) is 114 Å². The van der Waals surface area contributed by atoms with Crippen molar-refractivity contribution in [2.75, 3.05) is 54.4 Å². The van der Waals surface area contributed by atoms with Gasteiger partial charge in [-0.05, 0) is 100 Å². The Labute approximate surface area is 352 Å². The third-order valence-electron chi connectivity index (χ3n) is 14.4. The summed E-state index contributed by atoms with van der Waals surface area (Å²) >= 11 is 0. The summed E-state index contributed by atoms with van der Waals surface area (Å²) in [5, 5.41) is 6.20. The van der Waals surface area contributed by atoms with E-state index in [1.807, 2.05) is 18.3 Å². The molecule has 1 aromatic carbocycles. The van der Waals surface area contributed by atoms with Gasteiger partial charge in [-0.3, -0.25) is 48.5 Å². The van der Waals surface area contributed by atoms with Crippen molar-refractivity contribution in [2.45, 2.75) is 96.2 Å². The normalized spacial score (nSPS) is 22.3. The monoisotopic (exact) mass is 826 g/mol. The number of hydrogen-bond donors (Lipinski definition) is 2. The molecule has 0 radical (unpaired) electrons. The summed E-state index contributed by atoms with van der Waals surface area (Å²) in [7, 11) is 0. The number of ketones is 1. The number of anilines is 4. The number of carbonyl (C=O) groups is 5. The molecule has 2 aliphatic carbocycles. The maximum absolute atomic E-state index is 13.6. The Hall–Kier alpha value is -6.03. The van der Waals surface area contributed by atoms with Crippen molar-refractivity contribution in [3.05, 3.63) is 75.3 Å². The van der Waals surface area contributed by atoms with E-state index in [9.17, 15) is 28.8 Å². The maximum Gasteiger partial charge on any atom is 0.263 e. The first kappa shape index (κ1) is 39.1. The number of aromatic nitrogens is 4. The molecule has 3 aromatic heterocycles. The van der Waals surface area contributed by atoms with Gasteiger partial charge in [0.1, 0.15) is 17.5 Å². The Morgan fingerprint density at radius 3 is 2.20 bits per heavy atom. The molecule has 4 aliphatic heterocycles. The second kappa shape index (κ2) is 15.2. The summed E-state index contributed by atoms with van der Waals surface area (Å²) in [5.74, 6) is -1.22. The van der Waals surface area contributed by atoms with Gasteiger partial charge in [0.15, 0.2) is 5.78 Å². The lowest BCUT2D eigenvalue weighted by Gasteiger charge is -2.56.